The average Bonchev–Trinajstić information content (AvgIpc) is 2.70. The van der Waals surface area contributed by atoms with Gasteiger partial charge in [-0.15, -0.1) is 0 Å². The fourth-order valence-corrected chi connectivity index (χ4v) is 4.38. The van der Waals surface area contributed by atoms with E-state index in [4.69, 9.17) is 10.5 Å². The predicted octanol–water partition coefficient (Wildman–Crippen LogP) is 3.35. The van der Waals surface area contributed by atoms with Crippen LogP contribution in [0.2, 0.25) is 0 Å². The van der Waals surface area contributed by atoms with Crippen molar-refractivity contribution in [2.24, 2.45) is 0 Å². The summed E-state index contributed by atoms with van der Waals surface area (Å²) >= 11 is 0. The standard InChI is InChI=1S/C23H31N3O/c24-22-8-6-20(7-9-22)21-10-12-25(13-11-21)17-23-18-26(14-15-27-23)16-19-4-2-1-3-5-19/h1-9,21,23H,10-18,24H2. The monoisotopic (exact) mass is 365 g/mol. The maximum absolute atomic E-state index is 6.08. The molecule has 144 valence electrons. The first-order chi connectivity index (χ1) is 13.3. The van der Waals surface area contributed by atoms with Crippen molar-refractivity contribution in [2.45, 2.75) is 31.4 Å². The number of hydrogen-bond acceptors (Lipinski definition) is 4. The summed E-state index contributed by atoms with van der Waals surface area (Å²) in [7, 11) is 0. The van der Waals surface area contributed by atoms with Gasteiger partial charge in [0.1, 0.15) is 0 Å². The highest BCUT2D eigenvalue weighted by Gasteiger charge is 2.26. The lowest BCUT2D eigenvalue weighted by molar-refractivity contribution is -0.0482. The Kier molecular flexibility index (Phi) is 6.07. The van der Waals surface area contributed by atoms with E-state index in [2.05, 4.69) is 52.3 Å². The molecule has 2 aliphatic heterocycles. The third-order valence-electron chi connectivity index (χ3n) is 5.93. The van der Waals surface area contributed by atoms with E-state index in [1.165, 1.54) is 24.0 Å². The minimum absolute atomic E-state index is 0.329. The highest BCUT2D eigenvalue weighted by Crippen LogP contribution is 2.28. The molecule has 0 bridgehead atoms. The van der Waals surface area contributed by atoms with E-state index >= 15 is 0 Å². The van der Waals surface area contributed by atoms with Gasteiger partial charge in [0.25, 0.3) is 0 Å². The SMILES string of the molecule is Nc1ccc(C2CCN(CC3CN(Cc4ccccc4)CCO3)CC2)cc1. The van der Waals surface area contributed by atoms with Crippen molar-refractivity contribution < 1.29 is 4.74 Å². The van der Waals surface area contributed by atoms with Gasteiger partial charge in [-0.3, -0.25) is 4.90 Å². The number of ether oxygens (including phenoxy) is 1. The molecule has 2 aromatic rings. The summed E-state index contributed by atoms with van der Waals surface area (Å²) in [5, 5.41) is 0. The Morgan fingerprint density at radius 1 is 0.889 bits per heavy atom. The van der Waals surface area contributed by atoms with Crippen LogP contribution < -0.4 is 5.73 Å². The Morgan fingerprint density at radius 3 is 2.37 bits per heavy atom. The Morgan fingerprint density at radius 2 is 1.63 bits per heavy atom. The van der Waals surface area contributed by atoms with Crippen molar-refractivity contribution in [3.63, 3.8) is 0 Å². The van der Waals surface area contributed by atoms with Gasteiger partial charge in [-0.1, -0.05) is 42.5 Å². The molecule has 2 aliphatic rings. The zero-order valence-corrected chi connectivity index (χ0v) is 16.1. The molecule has 0 saturated carbocycles. The number of benzene rings is 2. The van der Waals surface area contributed by atoms with Gasteiger partial charge >= 0.3 is 0 Å². The second kappa shape index (κ2) is 8.87. The van der Waals surface area contributed by atoms with Gasteiger partial charge in [-0.25, -0.2) is 0 Å². The van der Waals surface area contributed by atoms with Crippen molar-refractivity contribution >= 4 is 5.69 Å². The number of rotatable bonds is 5. The second-order valence-corrected chi connectivity index (χ2v) is 7.96. The quantitative estimate of drug-likeness (QED) is 0.825. The number of morpholine rings is 1. The molecule has 0 amide bonds. The Balaban J connectivity index is 1.24. The minimum Gasteiger partial charge on any atom is -0.399 e. The summed E-state index contributed by atoms with van der Waals surface area (Å²) in [6.45, 7) is 7.32. The summed E-state index contributed by atoms with van der Waals surface area (Å²) in [5.41, 5.74) is 9.50. The smallest absolute Gasteiger partial charge is 0.0829 e. The Bertz CT molecular complexity index is 695. The molecule has 2 fully saturated rings. The van der Waals surface area contributed by atoms with Gasteiger partial charge in [0.2, 0.25) is 0 Å². The molecule has 2 aromatic carbocycles. The number of anilines is 1. The summed E-state index contributed by atoms with van der Waals surface area (Å²) in [6.07, 6.45) is 2.78. The van der Waals surface area contributed by atoms with Crippen LogP contribution in [-0.4, -0.2) is 55.2 Å². The van der Waals surface area contributed by atoms with Gasteiger partial charge in [-0.2, -0.15) is 0 Å². The fraction of sp³-hybridized carbons (Fsp3) is 0.478. The molecule has 0 aromatic heterocycles. The van der Waals surface area contributed by atoms with Crippen LogP contribution in [0.4, 0.5) is 5.69 Å². The van der Waals surface area contributed by atoms with Crippen molar-refractivity contribution in [3.8, 4) is 0 Å². The number of likely N-dealkylation sites (tertiary alicyclic amines) is 1. The van der Waals surface area contributed by atoms with Crippen LogP contribution in [0, 0.1) is 0 Å². The summed E-state index contributed by atoms with van der Waals surface area (Å²) in [5.74, 6) is 0.670. The van der Waals surface area contributed by atoms with E-state index in [0.717, 1.165) is 51.6 Å². The van der Waals surface area contributed by atoms with Gasteiger partial charge in [-0.05, 0) is 55.1 Å². The summed E-state index contributed by atoms with van der Waals surface area (Å²) in [4.78, 5) is 5.12. The highest BCUT2D eigenvalue weighted by molar-refractivity contribution is 5.40. The molecular weight excluding hydrogens is 334 g/mol. The van der Waals surface area contributed by atoms with E-state index in [9.17, 15) is 0 Å². The van der Waals surface area contributed by atoms with E-state index in [0.29, 0.717) is 12.0 Å². The molecular formula is C23H31N3O. The van der Waals surface area contributed by atoms with Crippen molar-refractivity contribution in [2.75, 3.05) is 45.1 Å². The topological polar surface area (TPSA) is 41.7 Å². The van der Waals surface area contributed by atoms with E-state index in [-0.39, 0.29) is 0 Å². The fourth-order valence-electron chi connectivity index (χ4n) is 4.38. The van der Waals surface area contributed by atoms with Gasteiger partial charge in [0.05, 0.1) is 12.7 Å². The molecule has 1 unspecified atom stereocenters. The third-order valence-corrected chi connectivity index (χ3v) is 5.93. The first kappa shape index (κ1) is 18.5. The molecule has 4 nitrogen and oxygen atoms in total. The van der Waals surface area contributed by atoms with Crippen molar-refractivity contribution in [1.82, 2.24) is 9.80 Å². The van der Waals surface area contributed by atoms with Crippen LogP contribution in [0.3, 0.4) is 0 Å². The lowest BCUT2D eigenvalue weighted by Gasteiger charge is -2.38. The summed E-state index contributed by atoms with van der Waals surface area (Å²) in [6, 6.07) is 19.2. The van der Waals surface area contributed by atoms with Crippen LogP contribution in [0.25, 0.3) is 0 Å². The zero-order valence-electron chi connectivity index (χ0n) is 16.1. The first-order valence-electron chi connectivity index (χ1n) is 10.2. The van der Waals surface area contributed by atoms with Crippen molar-refractivity contribution in [1.29, 1.82) is 0 Å². The number of nitrogen functional groups attached to an aromatic ring is 1. The van der Waals surface area contributed by atoms with E-state index in [1.54, 1.807) is 0 Å². The Labute approximate surface area is 162 Å². The third kappa shape index (κ3) is 5.10. The largest absolute Gasteiger partial charge is 0.399 e. The predicted molar refractivity (Wildman–Crippen MR) is 111 cm³/mol. The van der Waals surface area contributed by atoms with Crippen LogP contribution in [0.5, 0.6) is 0 Å². The van der Waals surface area contributed by atoms with Crippen LogP contribution >= 0.6 is 0 Å². The maximum Gasteiger partial charge on any atom is 0.0829 e. The van der Waals surface area contributed by atoms with E-state index in [1.807, 2.05) is 12.1 Å². The number of hydrogen-bond donors (Lipinski definition) is 1. The molecule has 0 aliphatic carbocycles. The first-order valence-corrected chi connectivity index (χ1v) is 10.2. The molecule has 2 heterocycles. The second-order valence-electron chi connectivity index (χ2n) is 7.96. The molecule has 0 spiro atoms. The summed E-state index contributed by atoms with van der Waals surface area (Å²) < 4.78 is 6.08. The molecule has 1 atom stereocenters. The average molecular weight is 366 g/mol. The van der Waals surface area contributed by atoms with Gasteiger partial charge in [0, 0.05) is 31.9 Å². The van der Waals surface area contributed by atoms with Crippen LogP contribution in [-0.2, 0) is 11.3 Å². The molecule has 4 rings (SSSR count). The molecule has 2 N–H and O–H groups in total. The molecule has 2 saturated heterocycles. The number of piperidine rings is 1. The van der Waals surface area contributed by atoms with Gasteiger partial charge < -0.3 is 15.4 Å². The maximum atomic E-state index is 6.08. The Hall–Kier alpha value is -1.88. The lowest BCUT2D eigenvalue weighted by Crippen LogP contribution is -2.48. The molecule has 0 radical (unpaired) electrons. The minimum atomic E-state index is 0.329. The molecule has 27 heavy (non-hydrogen) atoms. The number of nitrogens with two attached hydrogens (primary N) is 1. The molecule has 4 heteroatoms. The number of nitrogens with zero attached hydrogens (tertiary/aromatic N) is 2. The van der Waals surface area contributed by atoms with E-state index < -0.39 is 0 Å². The normalized spacial score (nSPS) is 22.7. The highest BCUT2D eigenvalue weighted by atomic mass is 16.5. The van der Waals surface area contributed by atoms with Crippen LogP contribution in [0.1, 0.15) is 29.9 Å². The van der Waals surface area contributed by atoms with Crippen LogP contribution in [0.15, 0.2) is 54.6 Å². The van der Waals surface area contributed by atoms with Gasteiger partial charge in [0.15, 0.2) is 0 Å². The zero-order chi connectivity index (χ0) is 18.5. The van der Waals surface area contributed by atoms with Crippen molar-refractivity contribution in [3.05, 3.63) is 65.7 Å². The lowest BCUT2D eigenvalue weighted by atomic mass is 9.89.